The molecule has 1 unspecified atom stereocenters. The van der Waals surface area contributed by atoms with E-state index in [2.05, 4.69) is 35.2 Å². The van der Waals surface area contributed by atoms with Crippen molar-refractivity contribution in [1.82, 2.24) is 0 Å². The first kappa shape index (κ1) is 13.9. The van der Waals surface area contributed by atoms with Gasteiger partial charge in [-0.25, -0.2) is 0 Å². The number of alkyl halides is 1. The number of rotatable bonds is 7. The Balaban J connectivity index is 2.36. The highest BCUT2D eigenvalue weighted by Gasteiger charge is 2.04. The number of benzene rings is 1. The Hall–Kier alpha value is -0.150. The van der Waals surface area contributed by atoms with Crippen molar-refractivity contribution in [3.63, 3.8) is 0 Å². The SMILES string of the molecule is CSc1ccccc1OCCC(C)CCBr. The second-order valence-corrected chi connectivity index (χ2v) is 5.51. The third-order valence-corrected chi connectivity index (χ3v) is 3.77. The summed E-state index contributed by atoms with van der Waals surface area (Å²) in [6, 6.07) is 8.21. The van der Waals surface area contributed by atoms with E-state index in [-0.39, 0.29) is 0 Å². The van der Waals surface area contributed by atoms with Crippen LogP contribution in [0.1, 0.15) is 19.8 Å². The van der Waals surface area contributed by atoms with Gasteiger partial charge in [-0.05, 0) is 37.1 Å². The normalized spacial score (nSPS) is 12.4. The van der Waals surface area contributed by atoms with Gasteiger partial charge in [-0.15, -0.1) is 11.8 Å². The summed E-state index contributed by atoms with van der Waals surface area (Å²) >= 11 is 5.20. The van der Waals surface area contributed by atoms with Crippen LogP contribution in [0.25, 0.3) is 0 Å². The van der Waals surface area contributed by atoms with Crippen molar-refractivity contribution >= 4 is 27.7 Å². The average Bonchev–Trinajstić information content (AvgIpc) is 2.30. The van der Waals surface area contributed by atoms with Gasteiger partial charge in [0.1, 0.15) is 5.75 Å². The molecule has 0 radical (unpaired) electrons. The lowest BCUT2D eigenvalue weighted by Gasteiger charge is -2.12. The minimum absolute atomic E-state index is 0.723. The lowest BCUT2D eigenvalue weighted by atomic mass is 10.1. The molecule has 0 spiro atoms. The van der Waals surface area contributed by atoms with Gasteiger partial charge in [0, 0.05) is 10.2 Å². The minimum Gasteiger partial charge on any atom is -0.492 e. The molecule has 0 aliphatic heterocycles. The van der Waals surface area contributed by atoms with E-state index in [0.717, 1.165) is 30.0 Å². The second-order valence-electron chi connectivity index (χ2n) is 3.87. The van der Waals surface area contributed by atoms with Crippen LogP contribution in [0.5, 0.6) is 5.75 Å². The number of halogens is 1. The molecule has 0 saturated carbocycles. The van der Waals surface area contributed by atoms with Crippen molar-refractivity contribution in [3.8, 4) is 5.75 Å². The number of hydrogen-bond donors (Lipinski definition) is 0. The summed E-state index contributed by atoms with van der Waals surface area (Å²) in [6.07, 6.45) is 4.41. The van der Waals surface area contributed by atoms with Gasteiger partial charge >= 0.3 is 0 Å². The number of para-hydroxylation sites is 1. The van der Waals surface area contributed by atoms with Crippen LogP contribution in [-0.4, -0.2) is 18.2 Å². The molecule has 0 aliphatic carbocycles. The second kappa shape index (κ2) is 8.02. The summed E-state index contributed by atoms with van der Waals surface area (Å²) in [6.45, 7) is 3.08. The van der Waals surface area contributed by atoms with E-state index in [0.29, 0.717) is 0 Å². The third kappa shape index (κ3) is 4.79. The molecule has 0 aromatic heterocycles. The number of thioether (sulfide) groups is 1. The molecule has 16 heavy (non-hydrogen) atoms. The minimum atomic E-state index is 0.723. The molecule has 0 N–H and O–H groups in total. The molecule has 1 nitrogen and oxygen atoms in total. The number of ether oxygens (including phenoxy) is 1. The van der Waals surface area contributed by atoms with Crippen LogP contribution in [0, 0.1) is 5.92 Å². The van der Waals surface area contributed by atoms with Gasteiger partial charge < -0.3 is 4.74 Å². The fraction of sp³-hybridized carbons (Fsp3) is 0.538. The molecule has 0 saturated heterocycles. The van der Waals surface area contributed by atoms with E-state index in [1.807, 2.05) is 18.2 Å². The van der Waals surface area contributed by atoms with Crippen molar-refractivity contribution in [3.05, 3.63) is 24.3 Å². The van der Waals surface area contributed by atoms with Crippen LogP contribution in [-0.2, 0) is 0 Å². The van der Waals surface area contributed by atoms with Crippen molar-refractivity contribution < 1.29 is 4.74 Å². The summed E-state index contributed by atoms with van der Waals surface area (Å²) < 4.78 is 5.81. The van der Waals surface area contributed by atoms with Gasteiger partial charge in [0.15, 0.2) is 0 Å². The fourth-order valence-electron chi connectivity index (χ4n) is 1.44. The van der Waals surface area contributed by atoms with Crippen LogP contribution in [0.2, 0.25) is 0 Å². The zero-order valence-corrected chi connectivity index (χ0v) is 12.3. The molecule has 1 aromatic rings. The average molecular weight is 303 g/mol. The first-order chi connectivity index (χ1) is 7.77. The summed E-state index contributed by atoms with van der Waals surface area (Å²) in [7, 11) is 0. The summed E-state index contributed by atoms with van der Waals surface area (Å²) in [5, 5.41) is 1.08. The van der Waals surface area contributed by atoms with E-state index in [1.54, 1.807) is 11.8 Å². The topological polar surface area (TPSA) is 9.23 Å². The summed E-state index contributed by atoms with van der Waals surface area (Å²) in [5.41, 5.74) is 0. The lowest BCUT2D eigenvalue weighted by Crippen LogP contribution is -2.05. The maximum Gasteiger partial charge on any atom is 0.132 e. The van der Waals surface area contributed by atoms with Gasteiger partial charge in [-0.3, -0.25) is 0 Å². The van der Waals surface area contributed by atoms with E-state index in [9.17, 15) is 0 Å². The molecule has 0 aliphatic rings. The first-order valence-corrected chi connectivity index (χ1v) is 7.94. The van der Waals surface area contributed by atoms with Crippen molar-refractivity contribution in [2.75, 3.05) is 18.2 Å². The molecule has 1 rings (SSSR count). The Labute approximate surface area is 111 Å². The van der Waals surface area contributed by atoms with E-state index in [1.165, 1.54) is 11.3 Å². The Morgan fingerprint density at radius 1 is 1.31 bits per heavy atom. The maximum atomic E-state index is 5.81. The quantitative estimate of drug-likeness (QED) is 0.538. The monoisotopic (exact) mass is 302 g/mol. The zero-order valence-electron chi connectivity index (χ0n) is 9.91. The number of hydrogen-bond acceptors (Lipinski definition) is 2. The summed E-state index contributed by atoms with van der Waals surface area (Å²) in [5.74, 6) is 1.74. The van der Waals surface area contributed by atoms with E-state index in [4.69, 9.17) is 4.74 Å². The van der Waals surface area contributed by atoms with Crippen molar-refractivity contribution in [2.24, 2.45) is 5.92 Å². The smallest absolute Gasteiger partial charge is 0.132 e. The Bertz CT molecular complexity index is 304. The van der Waals surface area contributed by atoms with Gasteiger partial charge in [0.25, 0.3) is 0 Å². The van der Waals surface area contributed by atoms with Crippen LogP contribution >= 0.6 is 27.7 Å². The molecule has 1 aromatic carbocycles. The van der Waals surface area contributed by atoms with Gasteiger partial charge in [-0.2, -0.15) is 0 Å². The molecule has 1 atom stereocenters. The molecule has 0 heterocycles. The molecular formula is C13H19BrOS. The molecule has 90 valence electrons. The summed E-state index contributed by atoms with van der Waals surface area (Å²) in [4.78, 5) is 1.22. The molecule has 0 amide bonds. The Kier molecular flexibility index (Phi) is 6.97. The largest absolute Gasteiger partial charge is 0.492 e. The van der Waals surface area contributed by atoms with Crippen LogP contribution in [0.15, 0.2) is 29.2 Å². The molecule has 3 heteroatoms. The van der Waals surface area contributed by atoms with Crippen LogP contribution in [0.3, 0.4) is 0 Å². The fourth-order valence-corrected chi connectivity index (χ4v) is 2.76. The van der Waals surface area contributed by atoms with Gasteiger partial charge in [-0.1, -0.05) is 35.0 Å². The molecular weight excluding hydrogens is 284 g/mol. The molecule has 0 bridgehead atoms. The maximum absolute atomic E-state index is 5.81. The predicted octanol–water partition coefficient (Wildman–Crippen LogP) is 4.60. The van der Waals surface area contributed by atoms with E-state index >= 15 is 0 Å². The van der Waals surface area contributed by atoms with Gasteiger partial charge in [0.2, 0.25) is 0 Å². The zero-order chi connectivity index (χ0) is 11.8. The Morgan fingerprint density at radius 3 is 2.75 bits per heavy atom. The standard InChI is InChI=1S/C13H19BrOS/c1-11(7-9-14)8-10-15-12-5-3-4-6-13(12)16-2/h3-6,11H,7-10H2,1-2H3. The third-order valence-electron chi connectivity index (χ3n) is 2.54. The van der Waals surface area contributed by atoms with Crippen LogP contribution < -0.4 is 4.74 Å². The highest BCUT2D eigenvalue weighted by Crippen LogP contribution is 2.27. The van der Waals surface area contributed by atoms with E-state index < -0.39 is 0 Å². The van der Waals surface area contributed by atoms with Gasteiger partial charge in [0.05, 0.1) is 6.61 Å². The van der Waals surface area contributed by atoms with Crippen molar-refractivity contribution in [2.45, 2.75) is 24.7 Å². The highest BCUT2D eigenvalue weighted by molar-refractivity contribution is 9.09. The molecule has 0 fully saturated rings. The lowest BCUT2D eigenvalue weighted by molar-refractivity contribution is 0.277. The van der Waals surface area contributed by atoms with Crippen molar-refractivity contribution in [1.29, 1.82) is 0 Å². The highest BCUT2D eigenvalue weighted by atomic mass is 79.9. The first-order valence-electron chi connectivity index (χ1n) is 5.59. The van der Waals surface area contributed by atoms with Crippen LogP contribution in [0.4, 0.5) is 0 Å². The Morgan fingerprint density at radius 2 is 2.06 bits per heavy atom. The predicted molar refractivity (Wildman–Crippen MR) is 75.9 cm³/mol.